The molecule has 1 aromatic carbocycles. The van der Waals surface area contributed by atoms with Gasteiger partial charge in [-0.1, -0.05) is 29.8 Å². The monoisotopic (exact) mass is 478 g/mol. The number of halogens is 2. The predicted octanol–water partition coefficient (Wildman–Crippen LogP) is 4.33. The summed E-state index contributed by atoms with van der Waals surface area (Å²) in [5.74, 6) is 0.811. The normalized spacial score (nSPS) is 11.1. The lowest BCUT2D eigenvalue weighted by Gasteiger charge is -2.11. The number of aromatic nitrogens is 1. The molecule has 0 radical (unpaired) electrons. The smallest absolute Gasteiger partial charge is 0.191 e. The van der Waals surface area contributed by atoms with Crippen LogP contribution in [0, 0.1) is 13.8 Å². The van der Waals surface area contributed by atoms with Crippen LogP contribution in [0.25, 0.3) is 0 Å². The maximum atomic E-state index is 6.17. The van der Waals surface area contributed by atoms with E-state index >= 15 is 0 Å². The first-order valence-corrected chi connectivity index (χ1v) is 8.98. The Morgan fingerprint density at radius 3 is 2.62 bits per heavy atom. The maximum Gasteiger partial charge on any atom is 0.191 e. The average Bonchev–Trinajstić information content (AvgIpc) is 2.84. The molecule has 132 valence electrons. The zero-order chi connectivity index (χ0) is 16.7. The van der Waals surface area contributed by atoms with Crippen molar-refractivity contribution in [2.75, 3.05) is 13.1 Å². The van der Waals surface area contributed by atoms with Gasteiger partial charge in [-0.15, -0.1) is 35.3 Å². The van der Waals surface area contributed by atoms with Crippen molar-refractivity contribution >= 4 is 52.9 Å². The van der Waals surface area contributed by atoms with E-state index < -0.39 is 0 Å². The van der Waals surface area contributed by atoms with Gasteiger partial charge in [0.05, 0.1) is 17.2 Å². The molecule has 0 bridgehead atoms. The second-order valence-corrected chi connectivity index (χ2v) is 6.90. The predicted molar refractivity (Wildman–Crippen MR) is 115 cm³/mol. The van der Waals surface area contributed by atoms with Crippen molar-refractivity contribution in [3.05, 3.63) is 50.4 Å². The Morgan fingerprint density at radius 1 is 1.25 bits per heavy atom. The Bertz CT molecular complexity index is 672. The van der Waals surface area contributed by atoms with E-state index in [0.717, 1.165) is 46.8 Å². The molecule has 2 rings (SSSR count). The summed E-state index contributed by atoms with van der Waals surface area (Å²) >= 11 is 7.94. The van der Waals surface area contributed by atoms with Gasteiger partial charge >= 0.3 is 0 Å². The number of rotatable bonds is 6. The molecule has 1 aromatic heterocycles. The molecule has 24 heavy (non-hydrogen) atoms. The molecule has 0 aliphatic carbocycles. The number of thiazole rings is 1. The number of aliphatic imine (C=N–C) groups is 1. The van der Waals surface area contributed by atoms with Crippen molar-refractivity contribution in [2.45, 2.75) is 33.7 Å². The highest BCUT2D eigenvalue weighted by molar-refractivity contribution is 14.0. The van der Waals surface area contributed by atoms with Gasteiger partial charge in [0, 0.05) is 29.4 Å². The molecule has 0 saturated carbocycles. The Morgan fingerprint density at radius 2 is 2.00 bits per heavy atom. The van der Waals surface area contributed by atoms with E-state index in [1.807, 2.05) is 31.2 Å². The topological polar surface area (TPSA) is 49.3 Å². The van der Waals surface area contributed by atoms with Gasteiger partial charge in [0.2, 0.25) is 0 Å². The fourth-order valence-corrected chi connectivity index (χ4v) is 3.36. The van der Waals surface area contributed by atoms with Crippen LogP contribution >= 0.6 is 46.9 Å². The van der Waals surface area contributed by atoms with E-state index in [0.29, 0.717) is 6.54 Å². The molecule has 7 heteroatoms. The van der Waals surface area contributed by atoms with Crippen molar-refractivity contribution in [2.24, 2.45) is 4.99 Å². The number of aryl methyl sites for hydroxylation is 2. The lowest BCUT2D eigenvalue weighted by atomic mass is 10.2. The number of guanidine groups is 1. The summed E-state index contributed by atoms with van der Waals surface area (Å²) in [7, 11) is 0. The Kier molecular flexibility index (Phi) is 9.61. The zero-order valence-corrected chi connectivity index (χ0v) is 18.1. The first-order valence-electron chi connectivity index (χ1n) is 7.78. The van der Waals surface area contributed by atoms with Crippen molar-refractivity contribution in [1.29, 1.82) is 0 Å². The number of hydrogen-bond acceptors (Lipinski definition) is 3. The summed E-state index contributed by atoms with van der Waals surface area (Å²) in [4.78, 5) is 10.4. The van der Waals surface area contributed by atoms with Gasteiger partial charge < -0.3 is 10.6 Å². The number of hydrogen-bond donors (Lipinski definition) is 2. The minimum absolute atomic E-state index is 0. The molecule has 0 fully saturated rings. The molecule has 0 unspecified atom stereocenters. The summed E-state index contributed by atoms with van der Waals surface area (Å²) < 4.78 is 0. The lowest BCUT2D eigenvalue weighted by molar-refractivity contribution is 0.801. The number of nitrogens with zero attached hydrogens (tertiary/aromatic N) is 2. The highest BCUT2D eigenvalue weighted by Crippen LogP contribution is 2.17. The molecular weight excluding hydrogens is 455 g/mol. The van der Waals surface area contributed by atoms with Crippen molar-refractivity contribution < 1.29 is 0 Å². The van der Waals surface area contributed by atoms with E-state index in [9.17, 15) is 0 Å². The average molecular weight is 479 g/mol. The van der Waals surface area contributed by atoms with Crippen LogP contribution in [0.15, 0.2) is 29.3 Å². The van der Waals surface area contributed by atoms with Crippen LogP contribution in [-0.4, -0.2) is 24.0 Å². The Balaban J connectivity index is 0.00000288. The number of nitrogens with one attached hydrogen (secondary N) is 2. The van der Waals surface area contributed by atoms with Crippen LogP contribution in [0.3, 0.4) is 0 Å². The van der Waals surface area contributed by atoms with E-state index in [1.165, 1.54) is 4.88 Å². The molecule has 0 atom stereocenters. The molecule has 0 spiro atoms. The number of benzene rings is 1. The molecule has 4 nitrogen and oxygen atoms in total. The summed E-state index contributed by atoms with van der Waals surface area (Å²) in [6.45, 7) is 8.39. The quantitative estimate of drug-likeness (QED) is 0.369. The first-order chi connectivity index (χ1) is 11.1. The van der Waals surface area contributed by atoms with E-state index in [-0.39, 0.29) is 24.0 Å². The van der Waals surface area contributed by atoms with Gasteiger partial charge in [-0.25, -0.2) is 9.98 Å². The highest BCUT2D eigenvalue weighted by atomic mass is 127. The third-order valence-corrected chi connectivity index (χ3v) is 4.86. The van der Waals surface area contributed by atoms with E-state index in [4.69, 9.17) is 11.6 Å². The van der Waals surface area contributed by atoms with Gasteiger partial charge in [0.1, 0.15) is 0 Å². The van der Waals surface area contributed by atoms with Gasteiger partial charge in [-0.05, 0) is 32.4 Å². The Hall–Kier alpha value is -0.860. The SMILES string of the molecule is CCNC(=NCc1ccccc1Cl)NCCc1sc(C)nc1C.I. The van der Waals surface area contributed by atoms with Gasteiger partial charge in [-0.2, -0.15) is 0 Å². The van der Waals surface area contributed by atoms with Crippen LogP contribution in [-0.2, 0) is 13.0 Å². The highest BCUT2D eigenvalue weighted by Gasteiger charge is 2.05. The summed E-state index contributed by atoms with van der Waals surface area (Å²) in [6.07, 6.45) is 0.952. The molecule has 0 aliphatic heterocycles. The summed E-state index contributed by atoms with van der Waals surface area (Å²) in [6, 6.07) is 7.80. The largest absolute Gasteiger partial charge is 0.357 e. The standard InChI is InChI=1S/C17H23ClN4S.HI/c1-4-19-17(21-11-14-7-5-6-8-15(14)18)20-10-9-16-12(2)22-13(3)23-16;/h5-8H,4,9-11H2,1-3H3,(H2,19,20,21);1H. The molecule has 1 heterocycles. The molecule has 2 aromatic rings. The molecular formula is C17H24ClIN4S. The van der Waals surface area contributed by atoms with E-state index in [1.54, 1.807) is 11.3 Å². The van der Waals surface area contributed by atoms with Crippen molar-refractivity contribution in [3.63, 3.8) is 0 Å². The maximum absolute atomic E-state index is 6.17. The molecule has 0 amide bonds. The van der Waals surface area contributed by atoms with E-state index in [2.05, 4.69) is 34.5 Å². The van der Waals surface area contributed by atoms with Gasteiger partial charge in [0.15, 0.2) is 5.96 Å². The van der Waals surface area contributed by atoms with Crippen molar-refractivity contribution in [1.82, 2.24) is 15.6 Å². The van der Waals surface area contributed by atoms with Crippen molar-refractivity contribution in [3.8, 4) is 0 Å². The lowest BCUT2D eigenvalue weighted by Crippen LogP contribution is -2.38. The minimum Gasteiger partial charge on any atom is -0.357 e. The molecule has 0 saturated heterocycles. The van der Waals surface area contributed by atoms with Crippen LogP contribution in [0.5, 0.6) is 0 Å². The summed E-state index contributed by atoms with van der Waals surface area (Å²) in [5, 5.41) is 8.51. The third kappa shape index (κ3) is 6.57. The second-order valence-electron chi connectivity index (χ2n) is 5.20. The van der Waals surface area contributed by atoms with Gasteiger partial charge in [-0.3, -0.25) is 0 Å². The zero-order valence-electron chi connectivity index (χ0n) is 14.2. The third-order valence-electron chi connectivity index (χ3n) is 3.35. The fourth-order valence-electron chi connectivity index (χ4n) is 2.23. The van der Waals surface area contributed by atoms with Crippen LogP contribution in [0.1, 0.15) is 28.1 Å². The molecule has 0 aliphatic rings. The Labute approximate surface area is 170 Å². The van der Waals surface area contributed by atoms with Crippen LogP contribution < -0.4 is 10.6 Å². The first kappa shape index (κ1) is 21.2. The summed E-state index contributed by atoms with van der Waals surface area (Å²) in [5.41, 5.74) is 2.16. The van der Waals surface area contributed by atoms with Gasteiger partial charge in [0.25, 0.3) is 0 Å². The van der Waals surface area contributed by atoms with Crippen LogP contribution in [0.4, 0.5) is 0 Å². The molecule has 2 N–H and O–H groups in total. The second kappa shape index (κ2) is 10.9. The fraction of sp³-hybridized carbons (Fsp3) is 0.412. The minimum atomic E-state index is 0. The van der Waals surface area contributed by atoms with Crippen LogP contribution in [0.2, 0.25) is 5.02 Å².